The summed E-state index contributed by atoms with van der Waals surface area (Å²) in [5.74, 6) is 0. The molecule has 0 spiro atoms. The third-order valence-electron chi connectivity index (χ3n) is 1.28. The van der Waals surface area contributed by atoms with Crippen molar-refractivity contribution in [3.63, 3.8) is 0 Å². The van der Waals surface area contributed by atoms with Gasteiger partial charge in [0, 0.05) is 0 Å². The number of nitrogens with one attached hydrogen (secondary N) is 1. The molecular weight excluding hydrogens is 98.1 g/mol. The molecule has 0 aromatic rings. The molecule has 0 saturated carbocycles. The van der Waals surface area contributed by atoms with Crippen molar-refractivity contribution in [1.82, 2.24) is 0 Å². The van der Waals surface area contributed by atoms with Gasteiger partial charge in [-0.15, -0.1) is 0 Å². The van der Waals surface area contributed by atoms with E-state index in [4.69, 9.17) is 5.73 Å². The summed E-state index contributed by atoms with van der Waals surface area (Å²) < 4.78 is 0. The van der Waals surface area contributed by atoms with Crippen LogP contribution in [-0.2, 0) is 0 Å². The molecule has 0 unspecified atom stereocenters. The third-order valence-corrected chi connectivity index (χ3v) is 1.28. The highest BCUT2D eigenvalue weighted by molar-refractivity contribution is 4.50. The molecule has 0 saturated heterocycles. The van der Waals surface area contributed by atoms with Crippen LogP contribution in [0.2, 0.25) is 0 Å². The molecule has 1 nitrogen and oxygen atoms in total. The van der Waals surface area contributed by atoms with Crippen molar-refractivity contribution in [2.75, 3.05) is 6.54 Å². The fourth-order valence-corrected chi connectivity index (χ4v) is 0.729. The van der Waals surface area contributed by atoms with Crippen molar-refractivity contribution < 1.29 is 0 Å². The van der Waals surface area contributed by atoms with Gasteiger partial charge in [-0.1, -0.05) is 39.0 Å². The van der Waals surface area contributed by atoms with Gasteiger partial charge in [0.05, 0.1) is 0 Å². The van der Waals surface area contributed by atoms with Crippen molar-refractivity contribution in [2.24, 2.45) is 0 Å². The van der Waals surface area contributed by atoms with Crippen molar-refractivity contribution in [1.29, 1.82) is 0 Å². The van der Waals surface area contributed by atoms with Crippen LogP contribution in [0.3, 0.4) is 0 Å². The molecule has 8 heavy (non-hydrogen) atoms. The molecule has 0 aromatic carbocycles. The zero-order valence-electron chi connectivity index (χ0n) is 5.74. The molecule has 0 rings (SSSR count). The van der Waals surface area contributed by atoms with Crippen LogP contribution in [0.1, 0.15) is 39.0 Å². The first kappa shape index (κ1) is 7.96. The molecule has 1 heteroatoms. The second-order valence-electron chi connectivity index (χ2n) is 2.16. The summed E-state index contributed by atoms with van der Waals surface area (Å²) in [6.45, 7) is 2.82. The maximum Gasteiger partial charge on any atom is -0.0534 e. The molecule has 0 aromatic heterocycles. The summed E-state index contributed by atoms with van der Waals surface area (Å²) in [5.41, 5.74) is 6.84. The first-order chi connectivity index (χ1) is 3.91. The van der Waals surface area contributed by atoms with E-state index in [-0.39, 0.29) is 0 Å². The molecule has 0 amide bonds. The predicted molar refractivity (Wildman–Crippen MR) is 37.9 cm³/mol. The smallest absolute Gasteiger partial charge is 0.0534 e. The summed E-state index contributed by atoms with van der Waals surface area (Å²) in [6.07, 6.45) is 6.34. The van der Waals surface area contributed by atoms with Crippen LogP contribution in [0, 0.1) is 0 Å². The Morgan fingerprint density at radius 2 is 1.62 bits per heavy atom. The van der Waals surface area contributed by atoms with Crippen LogP contribution >= 0.6 is 0 Å². The zero-order valence-corrected chi connectivity index (χ0v) is 5.74. The van der Waals surface area contributed by atoms with Crippen LogP contribution < -0.4 is 0 Å². The minimum atomic E-state index is 0.615. The summed E-state index contributed by atoms with van der Waals surface area (Å²) in [4.78, 5) is 0. The molecule has 0 bridgehead atoms. The van der Waals surface area contributed by atoms with Crippen molar-refractivity contribution in [3.8, 4) is 0 Å². The summed E-state index contributed by atoms with van der Waals surface area (Å²) in [5, 5.41) is 0. The van der Waals surface area contributed by atoms with E-state index in [0.29, 0.717) is 6.54 Å². The summed E-state index contributed by atoms with van der Waals surface area (Å²) in [6, 6.07) is 0. The highest BCUT2D eigenvalue weighted by Crippen LogP contribution is 2.01. The van der Waals surface area contributed by atoms with E-state index in [1.807, 2.05) is 0 Å². The fraction of sp³-hybridized carbons (Fsp3) is 1.00. The molecule has 0 aliphatic rings. The molecule has 0 heterocycles. The van der Waals surface area contributed by atoms with Gasteiger partial charge in [0.15, 0.2) is 0 Å². The molecule has 0 atom stereocenters. The number of rotatable bonds is 5. The van der Waals surface area contributed by atoms with E-state index in [9.17, 15) is 0 Å². The quantitative estimate of drug-likeness (QED) is 0.491. The van der Waals surface area contributed by atoms with E-state index >= 15 is 0 Å². The zero-order chi connectivity index (χ0) is 6.24. The van der Waals surface area contributed by atoms with E-state index in [0.717, 1.165) is 6.42 Å². The Labute approximate surface area is 52.3 Å². The maximum atomic E-state index is 6.84. The monoisotopic (exact) mass is 114 g/mol. The lowest BCUT2D eigenvalue weighted by atomic mass is 10.2. The Bertz CT molecular complexity index is 29.4. The van der Waals surface area contributed by atoms with E-state index in [1.54, 1.807) is 0 Å². The van der Waals surface area contributed by atoms with Crippen molar-refractivity contribution in [3.05, 3.63) is 5.73 Å². The standard InChI is InChI=1S/C7H16N/c1-2-3-4-5-6-7-8/h8H,2-7H2,1H3/q-1. The minimum Gasteiger partial charge on any atom is -0.677 e. The number of hydrogen-bond donors (Lipinski definition) is 0. The first-order valence-electron chi connectivity index (χ1n) is 3.56. The SMILES string of the molecule is CCCCCCC[NH-]. The highest BCUT2D eigenvalue weighted by atomic mass is 14.5. The number of unbranched alkanes of at least 4 members (excludes halogenated alkanes) is 4. The van der Waals surface area contributed by atoms with Gasteiger partial charge in [0.1, 0.15) is 0 Å². The normalized spacial score (nSPS) is 9.75. The summed E-state index contributed by atoms with van der Waals surface area (Å²) in [7, 11) is 0. The third kappa shape index (κ3) is 5.96. The highest BCUT2D eigenvalue weighted by Gasteiger charge is 1.81. The lowest BCUT2D eigenvalue weighted by molar-refractivity contribution is 0.651. The molecule has 50 valence electrons. The Kier molecular flexibility index (Phi) is 6.93. The van der Waals surface area contributed by atoms with Crippen molar-refractivity contribution >= 4 is 0 Å². The van der Waals surface area contributed by atoms with Gasteiger partial charge in [0.25, 0.3) is 0 Å². The van der Waals surface area contributed by atoms with Crippen LogP contribution in [0.5, 0.6) is 0 Å². The van der Waals surface area contributed by atoms with Crippen LogP contribution in [0.25, 0.3) is 5.73 Å². The lowest BCUT2D eigenvalue weighted by Crippen LogP contribution is -1.77. The van der Waals surface area contributed by atoms with E-state index in [2.05, 4.69) is 6.92 Å². The Balaban J connectivity index is 2.53. The Hall–Kier alpha value is -0.0400. The van der Waals surface area contributed by atoms with Gasteiger partial charge in [-0.25, -0.2) is 0 Å². The van der Waals surface area contributed by atoms with Crippen LogP contribution in [0.15, 0.2) is 0 Å². The number of hydrogen-bond acceptors (Lipinski definition) is 0. The molecule has 1 N–H and O–H groups in total. The van der Waals surface area contributed by atoms with E-state index in [1.165, 1.54) is 25.7 Å². The fourth-order valence-electron chi connectivity index (χ4n) is 0.729. The maximum absolute atomic E-state index is 6.84. The topological polar surface area (TPSA) is 23.8 Å². The van der Waals surface area contributed by atoms with E-state index < -0.39 is 0 Å². The molecule has 0 aliphatic heterocycles. The van der Waals surface area contributed by atoms with Gasteiger partial charge >= 0.3 is 0 Å². The van der Waals surface area contributed by atoms with Crippen molar-refractivity contribution in [2.45, 2.75) is 39.0 Å². The second-order valence-corrected chi connectivity index (χ2v) is 2.16. The average molecular weight is 114 g/mol. The largest absolute Gasteiger partial charge is 0.677 e. The van der Waals surface area contributed by atoms with Gasteiger partial charge in [-0.3, -0.25) is 0 Å². The van der Waals surface area contributed by atoms with Crippen LogP contribution in [-0.4, -0.2) is 6.54 Å². The molecular formula is C7H16N-. The molecule has 0 aliphatic carbocycles. The Morgan fingerprint density at radius 3 is 2.12 bits per heavy atom. The molecule has 0 fully saturated rings. The minimum absolute atomic E-state index is 0.615. The first-order valence-corrected chi connectivity index (χ1v) is 3.56. The summed E-state index contributed by atoms with van der Waals surface area (Å²) >= 11 is 0. The van der Waals surface area contributed by atoms with Gasteiger partial charge in [-0.2, -0.15) is 6.54 Å². The van der Waals surface area contributed by atoms with Gasteiger partial charge in [0.2, 0.25) is 0 Å². The molecule has 0 radical (unpaired) electrons. The second kappa shape index (κ2) is 6.96. The van der Waals surface area contributed by atoms with Gasteiger partial charge < -0.3 is 5.73 Å². The predicted octanol–water partition coefficient (Wildman–Crippen LogP) is 3.01. The lowest BCUT2D eigenvalue weighted by Gasteiger charge is -1.98. The van der Waals surface area contributed by atoms with Crippen LogP contribution in [0.4, 0.5) is 0 Å². The van der Waals surface area contributed by atoms with Gasteiger partial charge in [-0.05, 0) is 0 Å². The average Bonchev–Trinajstić information content (AvgIpc) is 1.81. The Morgan fingerprint density at radius 1 is 1.00 bits per heavy atom.